The molecule has 0 radical (unpaired) electrons. The van der Waals surface area contributed by atoms with Crippen molar-refractivity contribution in [2.45, 2.75) is 23.8 Å². The van der Waals surface area contributed by atoms with Crippen molar-refractivity contribution >= 4 is 0 Å². The topological polar surface area (TPSA) is 52.0 Å². The van der Waals surface area contributed by atoms with E-state index in [-0.39, 0.29) is 6.08 Å². The maximum Gasteiger partial charge on any atom is 0.339 e. The lowest BCUT2D eigenvalue weighted by Crippen LogP contribution is -2.70. The van der Waals surface area contributed by atoms with Gasteiger partial charge in [0.15, 0.2) is 6.17 Å². The summed E-state index contributed by atoms with van der Waals surface area (Å²) in [5, 5.41) is 0. The minimum Gasteiger partial charge on any atom is -0.397 e. The van der Waals surface area contributed by atoms with Crippen molar-refractivity contribution in [3.63, 3.8) is 0 Å². The fourth-order valence-electron chi connectivity index (χ4n) is 0.987. The van der Waals surface area contributed by atoms with Gasteiger partial charge < -0.3 is 5.73 Å². The van der Waals surface area contributed by atoms with Gasteiger partial charge in [0.05, 0.1) is 5.70 Å². The van der Waals surface area contributed by atoms with Crippen molar-refractivity contribution in [3.05, 3.63) is 11.8 Å². The predicted molar refractivity (Wildman–Crippen MR) is 35.1 cm³/mol. The van der Waals surface area contributed by atoms with Gasteiger partial charge in [-0.25, -0.2) is 8.78 Å². The van der Waals surface area contributed by atoms with Crippen LogP contribution in [0.5, 0.6) is 0 Å². The molecule has 1 aliphatic rings. The van der Waals surface area contributed by atoms with Crippen LogP contribution in [0.1, 0.15) is 0 Å². The third-order valence-electron chi connectivity index (χ3n) is 1.98. The number of halogens is 6. The van der Waals surface area contributed by atoms with Crippen LogP contribution in [0, 0.1) is 0 Å². The highest BCUT2D eigenvalue weighted by Gasteiger charge is 2.74. The SMILES string of the molecule is NC1=CC(F)C(F)(F)C(N)(F)C1(F)F. The van der Waals surface area contributed by atoms with Gasteiger partial charge in [0.2, 0.25) is 0 Å². The maximum absolute atomic E-state index is 12.8. The Morgan fingerprint density at radius 1 is 1.14 bits per heavy atom. The van der Waals surface area contributed by atoms with Gasteiger partial charge in [-0.3, -0.25) is 5.73 Å². The van der Waals surface area contributed by atoms with Crippen LogP contribution in [0.25, 0.3) is 0 Å². The Labute approximate surface area is 74.5 Å². The molecule has 2 nitrogen and oxygen atoms in total. The second-order valence-corrected chi connectivity index (χ2v) is 2.93. The van der Waals surface area contributed by atoms with Crippen LogP contribution in [0.15, 0.2) is 11.8 Å². The van der Waals surface area contributed by atoms with Crippen LogP contribution in [-0.4, -0.2) is 23.8 Å². The van der Waals surface area contributed by atoms with E-state index in [0.717, 1.165) is 0 Å². The Balaban J connectivity index is 3.35. The molecular weight excluding hydrogens is 214 g/mol. The Morgan fingerprint density at radius 2 is 1.57 bits per heavy atom. The van der Waals surface area contributed by atoms with Gasteiger partial charge in [-0.2, -0.15) is 17.6 Å². The molecule has 1 rings (SSSR count). The van der Waals surface area contributed by atoms with E-state index < -0.39 is 29.5 Å². The van der Waals surface area contributed by atoms with E-state index in [9.17, 15) is 26.3 Å². The summed E-state index contributed by atoms with van der Waals surface area (Å²) < 4.78 is 75.9. The van der Waals surface area contributed by atoms with Crippen LogP contribution in [0.2, 0.25) is 0 Å². The van der Waals surface area contributed by atoms with Crippen LogP contribution in [0.3, 0.4) is 0 Å². The highest BCUT2D eigenvalue weighted by Crippen LogP contribution is 2.49. The predicted octanol–water partition coefficient (Wildman–Crippen LogP) is 1.08. The summed E-state index contributed by atoms with van der Waals surface area (Å²) in [5.74, 6) is -14.6. The monoisotopic (exact) mass is 220 g/mol. The maximum atomic E-state index is 12.8. The number of nitrogens with two attached hydrogens (primary N) is 2. The van der Waals surface area contributed by atoms with Crippen molar-refractivity contribution < 1.29 is 26.3 Å². The lowest BCUT2D eigenvalue weighted by atomic mass is 9.88. The quantitative estimate of drug-likeness (QED) is 0.474. The van der Waals surface area contributed by atoms with Crippen molar-refractivity contribution in [2.75, 3.05) is 0 Å². The highest BCUT2D eigenvalue weighted by atomic mass is 19.3. The molecule has 14 heavy (non-hydrogen) atoms. The van der Waals surface area contributed by atoms with Crippen LogP contribution < -0.4 is 11.5 Å². The van der Waals surface area contributed by atoms with Crippen LogP contribution >= 0.6 is 0 Å². The normalized spacial score (nSPS) is 40.5. The fourth-order valence-corrected chi connectivity index (χ4v) is 0.987. The Bertz CT molecular complexity index is 284. The molecule has 1 aliphatic carbocycles. The first-order valence-electron chi connectivity index (χ1n) is 3.40. The molecule has 0 bridgehead atoms. The second kappa shape index (κ2) is 2.56. The minimum absolute atomic E-state index is 0.245. The van der Waals surface area contributed by atoms with Gasteiger partial charge in [0, 0.05) is 0 Å². The lowest BCUT2D eigenvalue weighted by molar-refractivity contribution is -0.255. The molecule has 82 valence electrons. The lowest BCUT2D eigenvalue weighted by Gasteiger charge is -2.40. The Hall–Kier alpha value is -0.920. The van der Waals surface area contributed by atoms with Crippen LogP contribution in [-0.2, 0) is 0 Å². The van der Waals surface area contributed by atoms with E-state index in [4.69, 9.17) is 0 Å². The summed E-state index contributed by atoms with van der Waals surface area (Å²) in [6.45, 7) is 0. The van der Waals surface area contributed by atoms with E-state index in [1.807, 2.05) is 0 Å². The van der Waals surface area contributed by atoms with Gasteiger partial charge in [-0.1, -0.05) is 0 Å². The van der Waals surface area contributed by atoms with Gasteiger partial charge in [-0.15, -0.1) is 0 Å². The zero-order valence-electron chi connectivity index (χ0n) is 6.58. The summed E-state index contributed by atoms with van der Waals surface area (Å²) in [4.78, 5) is 0. The third-order valence-corrected chi connectivity index (χ3v) is 1.98. The number of hydrogen-bond donors (Lipinski definition) is 2. The third kappa shape index (κ3) is 1.03. The summed E-state index contributed by atoms with van der Waals surface area (Å²) in [7, 11) is 0. The van der Waals surface area contributed by atoms with E-state index >= 15 is 0 Å². The van der Waals surface area contributed by atoms with Gasteiger partial charge in [0.25, 0.3) is 5.79 Å². The number of allylic oxidation sites excluding steroid dienone is 1. The molecule has 0 saturated heterocycles. The summed E-state index contributed by atoms with van der Waals surface area (Å²) >= 11 is 0. The molecule has 0 aromatic heterocycles. The number of rotatable bonds is 0. The highest BCUT2D eigenvalue weighted by molar-refractivity contribution is 5.27. The summed E-state index contributed by atoms with van der Waals surface area (Å²) in [5.41, 5.74) is 6.97. The minimum atomic E-state index is -5.01. The molecule has 0 spiro atoms. The van der Waals surface area contributed by atoms with E-state index in [0.29, 0.717) is 0 Å². The molecule has 0 heterocycles. The van der Waals surface area contributed by atoms with Crippen molar-refractivity contribution in [1.82, 2.24) is 0 Å². The van der Waals surface area contributed by atoms with E-state index in [1.165, 1.54) is 0 Å². The van der Waals surface area contributed by atoms with Gasteiger partial charge in [0.1, 0.15) is 0 Å². The number of alkyl halides is 6. The van der Waals surface area contributed by atoms with Crippen molar-refractivity contribution in [3.8, 4) is 0 Å². The average molecular weight is 220 g/mol. The summed E-state index contributed by atoms with van der Waals surface area (Å²) in [6, 6.07) is 0. The molecule has 0 saturated carbocycles. The Morgan fingerprint density at radius 3 is 2.00 bits per heavy atom. The van der Waals surface area contributed by atoms with E-state index in [2.05, 4.69) is 11.5 Å². The molecule has 8 heteroatoms. The fraction of sp³-hybridized carbons (Fsp3) is 0.667. The van der Waals surface area contributed by atoms with Crippen LogP contribution in [0.4, 0.5) is 26.3 Å². The first kappa shape index (κ1) is 11.2. The summed E-state index contributed by atoms with van der Waals surface area (Å²) in [6.07, 6.45) is -3.51. The first-order valence-corrected chi connectivity index (χ1v) is 3.40. The zero-order valence-corrected chi connectivity index (χ0v) is 6.58. The molecule has 0 aliphatic heterocycles. The molecule has 0 fully saturated rings. The smallest absolute Gasteiger partial charge is 0.339 e. The van der Waals surface area contributed by atoms with E-state index in [1.54, 1.807) is 0 Å². The van der Waals surface area contributed by atoms with Gasteiger partial charge >= 0.3 is 11.8 Å². The second-order valence-electron chi connectivity index (χ2n) is 2.93. The number of hydrogen-bond acceptors (Lipinski definition) is 2. The molecule has 2 unspecified atom stereocenters. The molecule has 2 atom stereocenters. The standard InChI is InChI=1S/C6H6F6N2/c7-2-1-3(13)5(10,11)6(12,14)4(2,8)9/h1-2H,13-14H2. The van der Waals surface area contributed by atoms with Gasteiger partial charge in [-0.05, 0) is 6.08 Å². The molecular formula is C6H6F6N2. The molecule has 0 aromatic rings. The average Bonchev–Trinajstić information content (AvgIpc) is 2.01. The largest absolute Gasteiger partial charge is 0.397 e. The first-order chi connectivity index (χ1) is 6.05. The molecule has 0 amide bonds. The molecule has 0 aromatic carbocycles. The zero-order chi connectivity index (χ0) is 11.4. The Kier molecular flexibility index (Phi) is 2.04. The van der Waals surface area contributed by atoms with Crippen molar-refractivity contribution in [2.24, 2.45) is 11.5 Å². The van der Waals surface area contributed by atoms with Crippen molar-refractivity contribution in [1.29, 1.82) is 0 Å². The molecule has 4 N–H and O–H groups in total.